The molecular weight excluding hydrogens is 462 g/mol. The van der Waals surface area contributed by atoms with Crippen molar-refractivity contribution in [1.82, 2.24) is 14.5 Å². The highest BCUT2D eigenvalue weighted by Crippen LogP contribution is 2.34. The van der Waals surface area contributed by atoms with Gasteiger partial charge in [-0.25, -0.2) is 18.2 Å². The number of nitrogens with zero attached hydrogens (tertiary/aromatic N) is 3. The molecule has 0 saturated heterocycles. The van der Waals surface area contributed by atoms with Crippen LogP contribution < -0.4 is 5.73 Å². The lowest BCUT2D eigenvalue weighted by Gasteiger charge is -2.37. The first-order valence-electron chi connectivity index (χ1n) is 10.4. The second kappa shape index (κ2) is 9.13. The summed E-state index contributed by atoms with van der Waals surface area (Å²) in [6.45, 7) is -0.205. The Kier molecular flexibility index (Phi) is 6.39. The van der Waals surface area contributed by atoms with E-state index in [-0.39, 0.29) is 31.8 Å². The molecule has 0 bridgehead atoms. The van der Waals surface area contributed by atoms with E-state index >= 15 is 0 Å². The summed E-state index contributed by atoms with van der Waals surface area (Å²) in [6.07, 6.45) is -3.85. The van der Waals surface area contributed by atoms with E-state index in [9.17, 15) is 31.1 Å². The monoisotopic (exact) mass is 482 g/mol. The van der Waals surface area contributed by atoms with Gasteiger partial charge in [0.1, 0.15) is 11.6 Å². The number of fused-ring (bicyclic) bond motifs is 1. The summed E-state index contributed by atoms with van der Waals surface area (Å²) in [7, 11) is 0. The third kappa shape index (κ3) is 5.09. The van der Waals surface area contributed by atoms with E-state index in [0.29, 0.717) is 11.1 Å². The molecule has 2 aromatic carbocycles. The van der Waals surface area contributed by atoms with Crippen molar-refractivity contribution < 1.29 is 31.1 Å². The Labute approximate surface area is 190 Å². The van der Waals surface area contributed by atoms with Crippen molar-refractivity contribution in [2.24, 2.45) is 5.73 Å². The molecule has 180 valence electrons. The molecule has 2 N–H and O–H groups in total. The number of aromatic nitrogens is 2. The van der Waals surface area contributed by atoms with E-state index in [4.69, 9.17) is 5.73 Å². The summed E-state index contributed by atoms with van der Waals surface area (Å²) in [6, 6.07) is 7.24. The van der Waals surface area contributed by atoms with E-state index < -0.39 is 47.3 Å². The van der Waals surface area contributed by atoms with Crippen molar-refractivity contribution in [2.75, 3.05) is 0 Å². The van der Waals surface area contributed by atoms with Crippen LogP contribution in [0.2, 0.25) is 0 Å². The van der Waals surface area contributed by atoms with Crippen LogP contribution in [0.25, 0.3) is 0 Å². The van der Waals surface area contributed by atoms with Gasteiger partial charge in [-0.05, 0) is 41.8 Å². The normalized spacial score (nSPS) is 16.9. The molecule has 1 amide bonds. The second-order valence-electron chi connectivity index (χ2n) is 8.20. The summed E-state index contributed by atoms with van der Waals surface area (Å²) in [5.74, 6) is -2.91. The molecule has 34 heavy (non-hydrogen) atoms. The van der Waals surface area contributed by atoms with Gasteiger partial charge in [0.05, 0.1) is 12.6 Å². The van der Waals surface area contributed by atoms with Gasteiger partial charge >= 0.3 is 6.18 Å². The maximum Gasteiger partial charge on any atom is 0.434 e. The average molecular weight is 482 g/mol. The van der Waals surface area contributed by atoms with Gasteiger partial charge in [-0.15, -0.1) is 0 Å². The fourth-order valence-corrected chi connectivity index (χ4v) is 4.04. The van der Waals surface area contributed by atoms with Crippen molar-refractivity contribution >= 4 is 5.91 Å². The SMILES string of the molecule is N[C@@H](CC(=O)N1Cc2nc(C(F)(F)F)cn2CC1c1ccc(F)cc1)Cc1ccc(F)c(F)c1. The molecule has 0 aliphatic carbocycles. The van der Waals surface area contributed by atoms with Crippen LogP contribution in [0.4, 0.5) is 26.3 Å². The first kappa shape index (κ1) is 23.8. The van der Waals surface area contributed by atoms with Gasteiger partial charge in [0.2, 0.25) is 5.91 Å². The van der Waals surface area contributed by atoms with Gasteiger partial charge in [-0.3, -0.25) is 4.79 Å². The van der Waals surface area contributed by atoms with Gasteiger partial charge in [0.15, 0.2) is 17.3 Å². The number of carbonyl (C=O) groups is 1. The minimum absolute atomic E-state index is 0.00576. The Hall–Kier alpha value is -3.34. The largest absolute Gasteiger partial charge is 0.434 e. The predicted octanol–water partition coefficient (Wildman–Crippen LogP) is 4.36. The number of alkyl halides is 3. The third-order valence-corrected chi connectivity index (χ3v) is 5.70. The fourth-order valence-electron chi connectivity index (χ4n) is 4.04. The zero-order valence-corrected chi connectivity index (χ0v) is 17.7. The Morgan fingerprint density at radius 2 is 1.79 bits per heavy atom. The van der Waals surface area contributed by atoms with Crippen molar-refractivity contribution in [2.45, 2.75) is 44.2 Å². The average Bonchev–Trinajstić information content (AvgIpc) is 3.20. The molecule has 1 aromatic heterocycles. The zero-order chi connectivity index (χ0) is 24.6. The minimum atomic E-state index is -4.64. The lowest BCUT2D eigenvalue weighted by Crippen LogP contribution is -2.43. The first-order valence-corrected chi connectivity index (χ1v) is 10.4. The standard InChI is InChI=1S/C23H20F6N4O/c24-15-4-2-14(3-5-15)19-10-32-11-20(23(27,28)29)31-21(32)12-33(19)22(34)9-16(30)7-13-1-6-17(25)18(26)8-13/h1-6,8,11,16,19H,7,9-10,12,30H2/t16-,19?/m1/s1. The van der Waals surface area contributed by atoms with Crippen LogP contribution in [-0.4, -0.2) is 26.4 Å². The van der Waals surface area contributed by atoms with Gasteiger partial charge in [0.25, 0.3) is 0 Å². The highest BCUT2D eigenvalue weighted by atomic mass is 19.4. The van der Waals surface area contributed by atoms with Gasteiger partial charge in [0, 0.05) is 25.2 Å². The summed E-state index contributed by atoms with van der Waals surface area (Å²) >= 11 is 0. The van der Waals surface area contributed by atoms with Gasteiger partial charge in [-0.1, -0.05) is 18.2 Å². The number of carbonyl (C=O) groups excluding carboxylic acids is 1. The van der Waals surface area contributed by atoms with Crippen LogP contribution in [0.3, 0.4) is 0 Å². The number of benzene rings is 2. The van der Waals surface area contributed by atoms with E-state index in [1.54, 1.807) is 0 Å². The van der Waals surface area contributed by atoms with E-state index in [0.717, 1.165) is 18.3 Å². The van der Waals surface area contributed by atoms with Crippen LogP contribution >= 0.6 is 0 Å². The molecule has 0 fully saturated rings. The lowest BCUT2D eigenvalue weighted by molar-refractivity contribution is -0.141. The molecule has 1 aliphatic heterocycles. The number of rotatable bonds is 5. The smallest absolute Gasteiger partial charge is 0.330 e. The van der Waals surface area contributed by atoms with Crippen LogP contribution in [0.5, 0.6) is 0 Å². The molecule has 1 unspecified atom stereocenters. The van der Waals surface area contributed by atoms with Gasteiger partial charge < -0.3 is 15.2 Å². The molecular formula is C23H20F6N4O. The molecule has 5 nitrogen and oxygen atoms in total. The van der Waals surface area contributed by atoms with Crippen molar-refractivity contribution in [3.63, 3.8) is 0 Å². The number of nitrogens with two attached hydrogens (primary N) is 1. The van der Waals surface area contributed by atoms with Crippen LogP contribution in [0.15, 0.2) is 48.7 Å². The molecule has 4 rings (SSSR count). The summed E-state index contributed by atoms with van der Waals surface area (Å²) in [5.41, 5.74) is 5.95. The third-order valence-electron chi connectivity index (χ3n) is 5.70. The Morgan fingerprint density at radius 1 is 1.09 bits per heavy atom. The molecule has 1 aliphatic rings. The topological polar surface area (TPSA) is 64.2 Å². The van der Waals surface area contributed by atoms with E-state index in [1.165, 1.54) is 39.8 Å². The van der Waals surface area contributed by atoms with Crippen molar-refractivity contribution in [1.29, 1.82) is 0 Å². The molecule has 2 heterocycles. The Bertz CT molecular complexity index is 1190. The quantitative estimate of drug-likeness (QED) is 0.550. The summed E-state index contributed by atoms with van der Waals surface area (Å²) < 4.78 is 80.9. The van der Waals surface area contributed by atoms with Gasteiger partial charge in [-0.2, -0.15) is 13.2 Å². The predicted molar refractivity (Wildman–Crippen MR) is 110 cm³/mol. The van der Waals surface area contributed by atoms with E-state index in [2.05, 4.69) is 4.98 Å². The number of imidazole rings is 1. The number of amides is 1. The highest BCUT2D eigenvalue weighted by Gasteiger charge is 2.38. The van der Waals surface area contributed by atoms with Crippen molar-refractivity contribution in [3.05, 3.63) is 88.8 Å². The Morgan fingerprint density at radius 3 is 2.44 bits per heavy atom. The first-order chi connectivity index (χ1) is 16.0. The lowest BCUT2D eigenvalue weighted by atomic mass is 10.00. The van der Waals surface area contributed by atoms with Crippen LogP contribution in [-0.2, 0) is 30.5 Å². The number of hydrogen-bond donors (Lipinski definition) is 1. The maximum absolute atomic E-state index is 13.5. The Balaban J connectivity index is 1.57. The molecule has 0 saturated carbocycles. The van der Waals surface area contributed by atoms with Crippen LogP contribution in [0.1, 0.15) is 35.1 Å². The summed E-state index contributed by atoms with van der Waals surface area (Å²) in [4.78, 5) is 18.2. The fraction of sp³-hybridized carbons (Fsp3) is 0.304. The van der Waals surface area contributed by atoms with Crippen LogP contribution in [0, 0.1) is 17.5 Å². The second-order valence-corrected chi connectivity index (χ2v) is 8.20. The molecule has 3 aromatic rings. The summed E-state index contributed by atoms with van der Waals surface area (Å²) in [5, 5.41) is 0. The highest BCUT2D eigenvalue weighted by molar-refractivity contribution is 5.77. The minimum Gasteiger partial charge on any atom is -0.330 e. The van der Waals surface area contributed by atoms with E-state index in [1.807, 2.05) is 0 Å². The molecule has 0 radical (unpaired) electrons. The maximum atomic E-state index is 13.5. The number of halogens is 6. The molecule has 11 heteroatoms. The zero-order valence-electron chi connectivity index (χ0n) is 17.7. The van der Waals surface area contributed by atoms with Crippen molar-refractivity contribution in [3.8, 4) is 0 Å². The number of hydrogen-bond acceptors (Lipinski definition) is 3. The molecule has 2 atom stereocenters. The molecule has 0 spiro atoms.